The van der Waals surface area contributed by atoms with Gasteiger partial charge in [0.05, 0.1) is 0 Å². The Kier molecular flexibility index (Phi) is 3.67. The van der Waals surface area contributed by atoms with Crippen molar-refractivity contribution in [3.8, 4) is 0 Å². The zero-order valence-electron chi connectivity index (χ0n) is 17.7. The Morgan fingerprint density at radius 3 is 1.29 bits per heavy atom. The molecule has 34 heavy (non-hydrogen) atoms. The van der Waals surface area contributed by atoms with Gasteiger partial charge in [-0.15, -0.1) is 0 Å². The van der Waals surface area contributed by atoms with Crippen LogP contribution >= 0.6 is 22.7 Å². The number of hydrogen-bond acceptors (Lipinski definition) is 2. The topological polar surface area (TPSA) is 0 Å². The van der Waals surface area contributed by atoms with E-state index in [9.17, 15) is 0 Å². The number of benzene rings is 5. The molecule has 0 saturated heterocycles. The van der Waals surface area contributed by atoms with Gasteiger partial charge in [-0.05, 0) is 0 Å². The van der Waals surface area contributed by atoms with Gasteiger partial charge in [-0.1, -0.05) is 0 Å². The molecule has 0 N–H and O–H groups in total. The van der Waals surface area contributed by atoms with Gasteiger partial charge in [-0.25, -0.2) is 0 Å². The van der Waals surface area contributed by atoms with Gasteiger partial charge in [0.15, 0.2) is 0 Å². The van der Waals surface area contributed by atoms with Crippen LogP contribution in [0.5, 0.6) is 0 Å². The van der Waals surface area contributed by atoms with Crippen molar-refractivity contribution in [3.05, 3.63) is 82.7 Å². The Balaban J connectivity index is 1.36. The van der Waals surface area contributed by atoms with Crippen LogP contribution in [0.25, 0.3) is 81.2 Å². The van der Waals surface area contributed by atoms with Crippen molar-refractivity contribution in [1.29, 1.82) is 0 Å². The van der Waals surface area contributed by atoms with E-state index in [2.05, 4.69) is 82.7 Å². The zero-order chi connectivity index (χ0) is 22.0. The van der Waals surface area contributed by atoms with Gasteiger partial charge in [0.2, 0.25) is 0 Å². The molecule has 0 fully saturated rings. The first-order valence-corrected chi connectivity index (χ1v) is 16.5. The van der Waals surface area contributed by atoms with E-state index < -0.39 is 0 Å². The molecule has 4 heterocycles. The molecule has 0 aliphatic rings. The predicted molar refractivity (Wildman–Crippen MR) is 156 cm³/mol. The molecule has 4 aromatic heterocycles. The Morgan fingerprint density at radius 1 is 0.382 bits per heavy atom. The summed E-state index contributed by atoms with van der Waals surface area (Å²) in [5, 5.41) is 13.9. The Labute approximate surface area is 214 Å². The van der Waals surface area contributed by atoms with Crippen molar-refractivity contribution in [1.82, 2.24) is 0 Å². The van der Waals surface area contributed by atoms with Crippen molar-refractivity contribution in [3.63, 3.8) is 0 Å². The first kappa shape index (κ1) is 18.9. The van der Waals surface area contributed by atoms with E-state index in [-0.39, 0.29) is 0 Å². The Morgan fingerprint density at radius 2 is 0.794 bits per heavy atom. The molecule has 0 saturated carbocycles. The van der Waals surface area contributed by atoms with E-state index in [0.717, 1.165) is 0 Å². The molecule has 0 spiro atoms. The normalized spacial score (nSPS) is 12.7. The average molecular weight is 596 g/mol. The third kappa shape index (κ3) is 2.54. The van der Waals surface area contributed by atoms with E-state index in [4.69, 9.17) is 0 Å². The van der Waals surface area contributed by atoms with Crippen molar-refractivity contribution >= 4 is 133 Å². The summed E-state index contributed by atoms with van der Waals surface area (Å²) in [6, 6.07) is 28.8. The molecular formula is C30H14S2Se2. The van der Waals surface area contributed by atoms with Crippen molar-refractivity contribution < 1.29 is 0 Å². The molecule has 0 amide bonds. The summed E-state index contributed by atoms with van der Waals surface area (Å²) in [6.45, 7) is 0. The molecule has 9 rings (SSSR count). The summed E-state index contributed by atoms with van der Waals surface area (Å²) in [5.41, 5.74) is 0. The molecule has 4 heteroatoms. The van der Waals surface area contributed by atoms with Crippen LogP contribution in [0.1, 0.15) is 0 Å². The predicted octanol–water partition coefficient (Wildman–Crippen LogP) is 9.15. The van der Waals surface area contributed by atoms with Gasteiger partial charge < -0.3 is 0 Å². The first-order valence-electron chi connectivity index (χ1n) is 11.2. The van der Waals surface area contributed by atoms with Crippen LogP contribution < -0.4 is 0 Å². The number of thiophene rings is 2. The second-order valence-corrected chi connectivity index (χ2v) is 15.2. The van der Waals surface area contributed by atoms with E-state index in [1.54, 1.807) is 0 Å². The van der Waals surface area contributed by atoms with E-state index in [0.29, 0.717) is 29.0 Å². The summed E-state index contributed by atoms with van der Waals surface area (Å²) in [7, 11) is 0. The van der Waals surface area contributed by atoms with E-state index in [1.165, 1.54) is 81.2 Å². The monoisotopic (exact) mass is 598 g/mol. The quantitative estimate of drug-likeness (QED) is 0.153. The van der Waals surface area contributed by atoms with Gasteiger partial charge in [-0.3, -0.25) is 0 Å². The minimum atomic E-state index is 0.486. The van der Waals surface area contributed by atoms with Crippen LogP contribution in [0.2, 0.25) is 0 Å². The minimum absolute atomic E-state index is 0.486. The first-order chi connectivity index (χ1) is 16.8. The molecule has 0 radical (unpaired) electrons. The van der Waals surface area contributed by atoms with Crippen LogP contribution in [-0.2, 0) is 0 Å². The number of hydrogen-bond donors (Lipinski definition) is 0. The average Bonchev–Trinajstić information content (AvgIpc) is 3.61. The Bertz CT molecular complexity index is 2120. The Hall–Kier alpha value is -2.42. The molecule has 158 valence electrons. The number of rotatable bonds is 0. The second-order valence-electron chi connectivity index (χ2n) is 9.06. The summed E-state index contributed by atoms with van der Waals surface area (Å²) in [5.74, 6) is 0. The molecule has 0 bridgehead atoms. The van der Waals surface area contributed by atoms with Crippen LogP contribution in [0.15, 0.2) is 82.7 Å². The molecule has 0 aliphatic carbocycles. The summed E-state index contributed by atoms with van der Waals surface area (Å²) < 4.78 is 8.62. The van der Waals surface area contributed by atoms with Gasteiger partial charge in [0, 0.05) is 0 Å². The van der Waals surface area contributed by atoms with Crippen molar-refractivity contribution in [2.75, 3.05) is 0 Å². The van der Waals surface area contributed by atoms with Crippen molar-refractivity contribution in [2.45, 2.75) is 0 Å². The van der Waals surface area contributed by atoms with E-state index >= 15 is 0 Å². The van der Waals surface area contributed by atoms with E-state index in [1.807, 2.05) is 22.7 Å². The molecular weight excluding hydrogens is 582 g/mol. The van der Waals surface area contributed by atoms with Crippen molar-refractivity contribution in [2.24, 2.45) is 0 Å². The molecule has 0 unspecified atom stereocenters. The van der Waals surface area contributed by atoms with Crippen LogP contribution in [-0.4, -0.2) is 29.0 Å². The van der Waals surface area contributed by atoms with Gasteiger partial charge >= 0.3 is 216 Å². The van der Waals surface area contributed by atoms with Gasteiger partial charge in [-0.2, -0.15) is 0 Å². The van der Waals surface area contributed by atoms with Gasteiger partial charge in [0.25, 0.3) is 0 Å². The summed E-state index contributed by atoms with van der Waals surface area (Å²) in [4.78, 5) is 4.67. The van der Waals surface area contributed by atoms with Crippen LogP contribution in [0, 0.1) is 0 Å². The maximum absolute atomic E-state index is 2.45. The molecule has 0 atom stereocenters. The van der Waals surface area contributed by atoms with Gasteiger partial charge in [0.1, 0.15) is 0 Å². The fourth-order valence-electron chi connectivity index (χ4n) is 5.45. The molecule has 5 aromatic carbocycles. The number of fused-ring (bicyclic) bond motifs is 10. The SMILES string of the molecule is c1cc2cc3cc4sc5cc6c(cc5c4cc3cc2[se]1)sc1cc2cc3cc[se]c3cc2cc16. The zero-order valence-corrected chi connectivity index (χ0v) is 22.8. The summed E-state index contributed by atoms with van der Waals surface area (Å²) >= 11 is 4.85. The maximum atomic E-state index is 2.45. The fourth-order valence-corrected chi connectivity index (χ4v) is 11.2. The third-order valence-corrected chi connectivity index (χ3v) is 13.0. The van der Waals surface area contributed by atoms with Crippen LogP contribution in [0.4, 0.5) is 0 Å². The molecule has 9 aromatic rings. The molecule has 0 nitrogen and oxygen atoms in total. The van der Waals surface area contributed by atoms with Crippen LogP contribution in [0.3, 0.4) is 0 Å². The second kappa shape index (κ2) is 6.62. The summed E-state index contributed by atoms with van der Waals surface area (Å²) in [6.07, 6.45) is 0. The molecule has 0 aliphatic heterocycles. The standard InChI is InChI=1S/C30H14S2Se2/c1-3-33-29-11-19-7-21-23-13-28-24(14-27(23)31-25(21)9-17(19)5-15(1)29)22-8-20-12-30-16(2-4-34-30)6-18(20)10-26(22)32-28/h1-14H. The fraction of sp³-hybridized carbons (Fsp3) is 0. The third-order valence-electron chi connectivity index (χ3n) is 7.12.